The van der Waals surface area contributed by atoms with Gasteiger partial charge in [0.15, 0.2) is 6.61 Å². The lowest BCUT2D eigenvalue weighted by atomic mass is 9.92. The van der Waals surface area contributed by atoms with Crippen molar-refractivity contribution in [2.75, 3.05) is 19.7 Å². The number of amides is 1. The molecule has 0 aliphatic carbocycles. The summed E-state index contributed by atoms with van der Waals surface area (Å²) in [5, 5.41) is 0. The predicted molar refractivity (Wildman–Crippen MR) is 88.3 cm³/mol. The predicted octanol–water partition coefficient (Wildman–Crippen LogP) is 3.04. The number of piperidine rings is 1. The SMILES string of the molecule is C[C@H]1C[C@H](C)CN(C(=O)COC(=O)Cc2ccc(Br)cc2)C1. The smallest absolute Gasteiger partial charge is 0.310 e. The number of rotatable bonds is 4. The van der Waals surface area contributed by atoms with E-state index in [4.69, 9.17) is 4.74 Å². The third kappa shape index (κ3) is 5.13. The summed E-state index contributed by atoms with van der Waals surface area (Å²) >= 11 is 3.35. The summed E-state index contributed by atoms with van der Waals surface area (Å²) in [6.45, 7) is 5.65. The summed E-state index contributed by atoms with van der Waals surface area (Å²) in [6, 6.07) is 7.48. The number of esters is 1. The number of halogens is 1. The third-order valence-electron chi connectivity index (χ3n) is 3.84. The Balaban J connectivity index is 1.78. The van der Waals surface area contributed by atoms with Gasteiger partial charge in [0.2, 0.25) is 0 Å². The number of likely N-dealkylation sites (tertiary alicyclic amines) is 1. The van der Waals surface area contributed by atoms with Gasteiger partial charge in [0.1, 0.15) is 0 Å². The molecule has 4 nitrogen and oxygen atoms in total. The Kier molecular flexibility index (Phi) is 6.00. The van der Waals surface area contributed by atoms with Gasteiger partial charge in [-0.1, -0.05) is 41.9 Å². The highest BCUT2D eigenvalue weighted by Gasteiger charge is 2.25. The molecule has 0 bridgehead atoms. The van der Waals surface area contributed by atoms with E-state index in [2.05, 4.69) is 29.8 Å². The van der Waals surface area contributed by atoms with Crippen LogP contribution in [0.25, 0.3) is 0 Å². The van der Waals surface area contributed by atoms with Crippen molar-refractivity contribution in [1.29, 1.82) is 0 Å². The first-order valence-corrected chi connectivity index (χ1v) is 8.41. The molecule has 0 N–H and O–H groups in total. The summed E-state index contributed by atoms with van der Waals surface area (Å²) in [5.74, 6) is 0.550. The topological polar surface area (TPSA) is 46.6 Å². The minimum absolute atomic E-state index is 0.0949. The van der Waals surface area contributed by atoms with Crippen LogP contribution in [-0.4, -0.2) is 36.5 Å². The first kappa shape index (κ1) is 17.0. The molecule has 2 rings (SSSR count). The Labute approximate surface area is 140 Å². The average Bonchev–Trinajstić information content (AvgIpc) is 2.46. The highest BCUT2D eigenvalue weighted by molar-refractivity contribution is 9.10. The van der Waals surface area contributed by atoms with Gasteiger partial charge in [-0.15, -0.1) is 0 Å². The van der Waals surface area contributed by atoms with Crippen molar-refractivity contribution in [3.05, 3.63) is 34.3 Å². The van der Waals surface area contributed by atoms with Gasteiger partial charge in [-0.25, -0.2) is 0 Å². The minimum Gasteiger partial charge on any atom is -0.455 e. The lowest BCUT2D eigenvalue weighted by molar-refractivity contribution is -0.152. The lowest BCUT2D eigenvalue weighted by Gasteiger charge is -2.34. The zero-order valence-corrected chi connectivity index (χ0v) is 14.6. The largest absolute Gasteiger partial charge is 0.455 e. The van der Waals surface area contributed by atoms with Crippen LogP contribution < -0.4 is 0 Å². The molecule has 1 amide bonds. The molecule has 1 aromatic rings. The highest BCUT2D eigenvalue weighted by Crippen LogP contribution is 2.20. The van der Waals surface area contributed by atoms with Crippen LogP contribution in [0.2, 0.25) is 0 Å². The fourth-order valence-electron chi connectivity index (χ4n) is 2.92. The molecule has 1 aliphatic rings. The number of carbonyl (C=O) groups is 2. The van der Waals surface area contributed by atoms with Crippen LogP contribution in [0.5, 0.6) is 0 Å². The first-order chi connectivity index (χ1) is 10.4. The van der Waals surface area contributed by atoms with Crippen LogP contribution in [0.3, 0.4) is 0 Å². The monoisotopic (exact) mass is 367 g/mol. The molecule has 1 aromatic carbocycles. The van der Waals surface area contributed by atoms with Crippen LogP contribution >= 0.6 is 15.9 Å². The molecule has 0 radical (unpaired) electrons. The van der Waals surface area contributed by atoms with E-state index in [1.54, 1.807) is 0 Å². The normalized spacial score (nSPS) is 21.5. The average molecular weight is 368 g/mol. The minimum atomic E-state index is -0.367. The van der Waals surface area contributed by atoms with Crippen molar-refractivity contribution >= 4 is 27.8 Å². The van der Waals surface area contributed by atoms with Crippen LogP contribution in [-0.2, 0) is 20.7 Å². The summed E-state index contributed by atoms with van der Waals surface area (Å²) < 4.78 is 6.09. The summed E-state index contributed by atoms with van der Waals surface area (Å²) in [7, 11) is 0. The van der Waals surface area contributed by atoms with Crippen molar-refractivity contribution < 1.29 is 14.3 Å². The van der Waals surface area contributed by atoms with Crippen LogP contribution in [0, 0.1) is 11.8 Å². The van der Waals surface area contributed by atoms with E-state index in [1.807, 2.05) is 29.2 Å². The van der Waals surface area contributed by atoms with Crippen molar-refractivity contribution in [3.8, 4) is 0 Å². The van der Waals surface area contributed by atoms with Crippen LogP contribution in [0.1, 0.15) is 25.8 Å². The maximum Gasteiger partial charge on any atom is 0.310 e. The molecule has 1 saturated heterocycles. The molecule has 2 atom stereocenters. The van der Waals surface area contributed by atoms with E-state index < -0.39 is 0 Å². The second kappa shape index (κ2) is 7.77. The number of hydrogen-bond acceptors (Lipinski definition) is 3. The van der Waals surface area contributed by atoms with Gasteiger partial charge in [-0.05, 0) is 36.0 Å². The number of hydrogen-bond donors (Lipinski definition) is 0. The molecule has 1 fully saturated rings. The Morgan fingerprint density at radius 3 is 2.36 bits per heavy atom. The third-order valence-corrected chi connectivity index (χ3v) is 4.37. The number of benzene rings is 1. The zero-order chi connectivity index (χ0) is 16.1. The zero-order valence-electron chi connectivity index (χ0n) is 13.0. The van der Waals surface area contributed by atoms with Crippen molar-refractivity contribution in [3.63, 3.8) is 0 Å². The molecule has 1 heterocycles. The van der Waals surface area contributed by atoms with Gasteiger partial charge in [0.05, 0.1) is 6.42 Å². The van der Waals surface area contributed by atoms with Crippen molar-refractivity contribution in [1.82, 2.24) is 4.90 Å². The maximum absolute atomic E-state index is 12.1. The van der Waals surface area contributed by atoms with Crippen molar-refractivity contribution in [2.45, 2.75) is 26.7 Å². The molecule has 5 heteroatoms. The van der Waals surface area contributed by atoms with E-state index in [9.17, 15) is 9.59 Å². The number of nitrogens with zero attached hydrogens (tertiary/aromatic N) is 1. The fraction of sp³-hybridized carbons (Fsp3) is 0.529. The fourth-order valence-corrected chi connectivity index (χ4v) is 3.18. The van der Waals surface area contributed by atoms with Crippen LogP contribution in [0.4, 0.5) is 0 Å². The molecule has 0 unspecified atom stereocenters. The Hall–Kier alpha value is -1.36. The summed E-state index contributed by atoms with van der Waals surface area (Å²) in [4.78, 5) is 25.8. The van der Waals surface area contributed by atoms with Gasteiger partial charge in [-0.3, -0.25) is 9.59 Å². The van der Waals surface area contributed by atoms with Gasteiger partial charge in [-0.2, -0.15) is 0 Å². The molecular weight excluding hydrogens is 346 g/mol. The molecule has 22 heavy (non-hydrogen) atoms. The van der Waals surface area contributed by atoms with Crippen LogP contribution in [0.15, 0.2) is 28.7 Å². The summed E-state index contributed by atoms with van der Waals surface area (Å²) in [6.07, 6.45) is 1.33. The molecule has 0 saturated carbocycles. The lowest BCUT2D eigenvalue weighted by Crippen LogP contribution is -2.44. The Morgan fingerprint density at radius 2 is 1.77 bits per heavy atom. The number of carbonyl (C=O) groups excluding carboxylic acids is 2. The van der Waals surface area contributed by atoms with Gasteiger partial charge in [0.25, 0.3) is 5.91 Å². The molecule has 120 valence electrons. The van der Waals surface area contributed by atoms with E-state index in [1.165, 1.54) is 0 Å². The number of ether oxygens (including phenoxy) is 1. The molecule has 0 aromatic heterocycles. The quantitative estimate of drug-likeness (QED) is 0.768. The Bertz CT molecular complexity index is 519. The highest BCUT2D eigenvalue weighted by atomic mass is 79.9. The maximum atomic E-state index is 12.1. The van der Waals surface area contributed by atoms with E-state index >= 15 is 0 Å². The van der Waals surface area contributed by atoms with Gasteiger partial charge in [0, 0.05) is 17.6 Å². The van der Waals surface area contributed by atoms with E-state index in [-0.39, 0.29) is 24.9 Å². The van der Waals surface area contributed by atoms with Gasteiger partial charge < -0.3 is 9.64 Å². The molecule has 0 spiro atoms. The molecule has 1 aliphatic heterocycles. The second-order valence-electron chi connectivity index (χ2n) is 6.21. The summed E-state index contributed by atoms with van der Waals surface area (Å²) in [5.41, 5.74) is 0.876. The standard InChI is InChI=1S/C17H22BrNO3/c1-12-7-13(2)10-19(9-12)16(20)11-22-17(21)8-14-3-5-15(18)6-4-14/h3-6,12-13H,7-11H2,1-2H3/t12-,13-/m0/s1. The van der Waals surface area contributed by atoms with Gasteiger partial charge >= 0.3 is 5.97 Å². The van der Waals surface area contributed by atoms with Crippen molar-refractivity contribution in [2.24, 2.45) is 11.8 Å². The second-order valence-corrected chi connectivity index (χ2v) is 7.12. The Morgan fingerprint density at radius 1 is 1.18 bits per heavy atom. The van der Waals surface area contributed by atoms with E-state index in [0.717, 1.165) is 29.5 Å². The van der Waals surface area contributed by atoms with E-state index in [0.29, 0.717) is 11.8 Å². The molecular formula is C17H22BrNO3. The first-order valence-electron chi connectivity index (χ1n) is 7.62.